The average Bonchev–Trinajstić information content (AvgIpc) is 2.88. The van der Waals surface area contributed by atoms with Crippen molar-refractivity contribution >= 4 is 5.71 Å². The number of nitrogens with two attached hydrogens (primary N) is 1. The highest BCUT2D eigenvalue weighted by atomic mass is 16.5. The number of rotatable bonds is 7. The molecule has 1 heterocycles. The Morgan fingerprint density at radius 3 is 1.81 bits per heavy atom. The molecule has 0 unspecified atom stereocenters. The van der Waals surface area contributed by atoms with E-state index in [1.165, 1.54) is 11.1 Å². The van der Waals surface area contributed by atoms with Crippen LogP contribution in [0.2, 0.25) is 0 Å². The van der Waals surface area contributed by atoms with Gasteiger partial charge in [0.15, 0.2) is 18.8 Å². The molecule has 0 saturated carbocycles. The molecule has 166 valence electrons. The fraction of sp³-hybridized carbons (Fsp3) is 0.321. The van der Waals surface area contributed by atoms with Crippen molar-refractivity contribution in [3.05, 3.63) is 107 Å². The van der Waals surface area contributed by atoms with Crippen molar-refractivity contribution in [3.63, 3.8) is 0 Å². The summed E-state index contributed by atoms with van der Waals surface area (Å²) in [5.41, 5.74) is 10.6. The first-order valence-corrected chi connectivity index (χ1v) is 11.5. The minimum atomic E-state index is -0.799. The van der Waals surface area contributed by atoms with Crippen molar-refractivity contribution in [2.45, 2.75) is 31.2 Å². The molecule has 4 heteroatoms. The Labute approximate surface area is 191 Å². The van der Waals surface area contributed by atoms with Gasteiger partial charge in [-0.15, -0.1) is 0 Å². The lowest BCUT2D eigenvalue weighted by Gasteiger charge is -2.31. The van der Waals surface area contributed by atoms with Crippen LogP contribution in [0.15, 0.2) is 96.3 Å². The topological polar surface area (TPSA) is 58.5 Å². The summed E-state index contributed by atoms with van der Waals surface area (Å²) in [5.74, 6) is 0.276. The lowest BCUT2D eigenvalue weighted by molar-refractivity contribution is -0.547. The van der Waals surface area contributed by atoms with Crippen LogP contribution >= 0.6 is 0 Å². The molecular weight excluding hydrogens is 396 g/mol. The third kappa shape index (κ3) is 5.64. The highest BCUT2D eigenvalue weighted by molar-refractivity contribution is 6.02. The number of hydrogen-bond donors (Lipinski definition) is 2. The Kier molecular flexibility index (Phi) is 7.35. The van der Waals surface area contributed by atoms with E-state index in [9.17, 15) is 5.11 Å². The Bertz CT molecular complexity index is 950. The molecule has 0 radical (unpaired) electrons. The Balaban J connectivity index is 1.55. The molecule has 0 atom stereocenters. The predicted octanol–water partition coefficient (Wildman–Crippen LogP) is 4.37. The molecule has 4 rings (SSSR count). The van der Waals surface area contributed by atoms with E-state index in [-0.39, 0.29) is 5.76 Å². The van der Waals surface area contributed by atoms with Gasteiger partial charge in [0.2, 0.25) is 0 Å². The number of aliphatic hydroxyl groups excluding tert-OH is 1. The second-order valence-electron chi connectivity index (χ2n) is 8.62. The third-order valence-corrected chi connectivity index (χ3v) is 6.39. The largest absolute Gasteiger partial charge is 0.510 e. The van der Waals surface area contributed by atoms with E-state index < -0.39 is 5.54 Å². The van der Waals surface area contributed by atoms with Crippen LogP contribution in [0.3, 0.4) is 0 Å². The molecule has 1 aliphatic heterocycles. The van der Waals surface area contributed by atoms with E-state index in [2.05, 4.69) is 41.0 Å². The zero-order chi connectivity index (χ0) is 22.2. The van der Waals surface area contributed by atoms with Gasteiger partial charge < -0.3 is 15.6 Å². The Morgan fingerprint density at radius 2 is 1.31 bits per heavy atom. The first-order chi connectivity index (χ1) is 15.6. The molecule has 0 amide bonds. The van der Waals surface area contributed by atoms with Crippen molar-refractivity contribution in [2.75, 3.05) is 26.3 Å². The van der Waals surface area contributed by atoms with Crippen molar-refractivity contribution in [1.82, 2.24) is 0 Å². The van der Waals surface area contributed by atoms with Crippen molar-refractivity contribution in [2.24, 2.45) is 5.73 Å². The number of allylic oxidation sites excluding steroid dienone is 5. The summed E-state index contributed by atoms with van der Waals surface area (Å²) in [5, 5.41) is 11.4. The SMILES string of the molecule is NC(CCc1ccccc1)(CCc1ccccc1)C(O)=C1C=CC(=[N+]2CCOCC2)C=C1. The monoisotopic (exact) mass is 429 g/mol. The molecule has 1 aliphatic carbocycles. The lowest BCUT2D eigenvalue weighted by atomic mass is 9.82. The molecule has 3 N–H and O–H groups in total. The summed E-state index contributed by atoms with van der Waals surface area (Å²) in [7, 11) is 0. The number of ether oxygens (including phenoxy) is 1. The normalized spacial score (nSPS) is 16.5. The first kappa shape index (κ1) is 22.3. The second-order valence-corrected chi connectivity index (χ2v) is 8.62. The van der Waals surface area contributed by atoms with Crippen LogP contribution in [0.4, 0.5) is 0 Å². The molecule has 2 aromatic carbocycles. The van der Waals surface area contributed by atoms with Gasteiger partial charge in [-0.2, -0.15) is 0 Å². The standard InChI is InChI=1S/C28H32N2O2/c29-28(17-15-23-7-3-1-4-8-23,18-16-24-9-5-2-6-10-24)27(31)25-11-13-26(14-12-25)30-19-21-32-22-20-30/h1-14H,15-22,29H2/p+1. The van der Waals surface area contributed by atoms with E-state index in [4.69, 9.17) is 10.5 Å². The molecule has 0 spiro atoms. The number of hydrogen-bond acceptors (Lipinski definition) is 3. The van der Waals surface area contributed by atoms with E-state index >= 15 is 0 Å². The number of nitrogens with zero attached hydrogens (tertiary/aromatic N) is 1. The van der Waals surface area contributed by atoms with Crippen molar-refractivity contribution in [3.8, 4) is 0 Å². The molecule has 4 nitrogen and oxygen atoms in total. The van der Waals surface area contributed by atoms with Gasteiger partial charge in [-0.1, -0.05) is 60.7 Å². The quantitative estimate of drug-likeness (QED) is 0.508. The van der Waals surface area contributed by atoms with Crippen LogP contribution < -0.4 is 5.73 Å². The first-order valence-electron chi connectivity index (χ1n) is 11.5. The molecule has 0 bridgehead atoms. The van der Waals surface area contributed by atoms with Crippen LogP contribution in [0.25, 0.3) is 0 Å². The summed E-state index contributed by atoms with van der Waals surface area (Å²) in [4.78, 5) is 0. The Hall–Kier alpha value is -2.95. The number of benzene rings is 2. The van der Waals surface area contributed by atoms with E-state index in [1.54, 1.807) is 0 Å². The minimum absolute atomic E-state index is 0.276. The molecule has 1 fully saturated rings. The molecule has 1 saturated heterocycles. The number of morpholine rings is 1. The van der Waals surface area contributed by atoms with Crippen LogP contribution in [-0.4, -0.2) is 47.2 Å². The van der Waals surface area contributed by atoms with Gasteiger partial charge in [0, 0.05) is 17.7 Å². The van der Waals surface area contributed by atoms with Crippen molar-refractivity contribution in [1.29, 1.82) is 0 Å². The molecule has 32 heavy (non-hydrogen) atoms. The van der Waals surface area contributed by atoms with Crippen LogP contribution in [-0.2, 0) is 17.6 Å². The van der Waals surface area contributed by atoms with Gasteiger partial charge >= 0.3 is 0 Å². The Morgan fingerprint density at radius 1 is 0.812 bits per heavy atom. The van der Waals surface area contributed by atoms with Gasteiger partial charge in [0.1, 0.15) is 19.0 Å². The maximum atomic E-state index is 11.4. The number of aliphatic hydroxyl groups is 1. The van der Waals surface area contributed by atoms with Crippen molar-refractivity contribution < 1.29 is 14.4 Å². The zero-order valence-corrected chi connectivity index (χ0v) is 18.6. The van der Waals surface area contributed by atoms with Gasteiger partial charge in [-0.25, -0.2) is 4.58 Å². The van der Waals surface area contributed by atoms with Gasteiger partial charge in [-0.3, -0.25) is 0 Å². The summed E-state index contributed by atoms with van der Waals surface area (Å²) in [6.45, 7) is 3.29. The van der Waals surface area contributed by atoms with Gasteiger partial charge in [0.05, 0.1) is 5.54 Å². The van der Waals surface area contributed by atoms with Crippen LogP contribution in [0, 0.1) is 0 Å². The average molecular weight is 430 g/mol. The zero-order valence-electron chi connectivity index (χ0n) is 18.6. The molecular formula is C28H33N2O2+. The number of aryl methyl sites for hydroxylation is 2. The smallest absolute Gasteiger partial charge is 0.200 e. The highest BCUT2D eigenvalue weighted by Crippen LogP contribution is 2.29. The van der Waals surface area contributed by atoms with E-state index in [0.29, 0.717) is 12.8 Å². The molecule has 2 aromatic rings. The fourth-order valence-electron chi connectivity index (χ4n) is 4.33. The third-order valence-electron chi connectivity index (χ3n) is 6.39. The van der Waals surface area contributed by atoms with E-state index in [0.717, 1.165) is 50.4 Å². The molecule has 0 aromatic heterocycles. The highest BCUT2D eigenvalue weighted by Gasteiger charge is 2.31. The fourth-order valence-corrected chi connectivity index (χ4v) is 4.33. The predicted molar refractivity (Wildman–Crippen MR) is 130 cm³/mol. The van der Waals surface area contributed by atoms with Crippen LogP contribution in [0.1, 0.15) is 24.0 Å². The van der Waals surface area contributed by atoms with Crippen LogP contribution in [0.5, 0.6) is 0 Å². The maximum Gasteiger partial charge on any atom is 0.200 e. The minimum Gasteiger partial charge on any atom is -0.510 e. The van der Waals surface area contributed by atoms with Gasteiger partial charge in [-0.05, 0) is 49.0 Å². The van der Waals surface area contributed by atoms with Gasteiger partial charge in [0.25, 0.3) is 0 Å². The summed E-state index contributed by atoms with van der Waals surface area (Å²) in [6.07, 6.45) is 11.1. The second kappa shape index (κ2) is 10.6. The maximum absolute atomic E-state index is 11.4. The summed E-state index contributed by atoms with van der Waals surface area (Å²) in [6, 6.07) is 20.7. The lowest BCUT2D eigenvalue weighted by Crippen LogP contribution is -2.43. The summed E-state index contributed by atoms with van der Waals surface area (Å²) < 4.78 is 7.76. The van der Waals surface area contributed by atoms with E-state index in [1.807, 2.05) is 48.6 Å². The summed E-state index contributed by atoms with van der Waals surface area (Å²) >= 11 is 0. The molecule has 2 aliphatic rings.